The highest BCUT2D eigenvalue weighted by Crippen LogP contribution is 2.26. The molecule has 7 nitrogen and oxygen atoms in total. The molecule has 3 aromatic rings. The van der Waals surface area contributed by atoms with Crippen molar-refractivity contribution < 1.29 is 23.1 Å². The van der Waals surface area contributed by atoms with E-state index in [0.29, 0.717) is 16.2 Å². The van der Waals surface area contributed by atoms with Gasteiger partial charge in [0, 0.05) is 17.8 Å². The summed E-state index contributed by atoms with van der Waals surface area (Å²) in [7, 11) is 0. The van der Waals surface area contributed by atoms with Crippen molar-refractivity contribution in [2.24, 2.45) is 0 Å². The molecule has 0 fully saturated rings. The number of halogens is 3. The van der Waals surface area contributed by atoms with Gasteiger partial charge in [-0.3, -0.25) is 4.79 Å². The number of alkyl halides is 3. The Morgan fingerprint density at radius 2 is 2.25 bits per heavy atom. The van der Waals surface area contributed by atoms with Gasteiger partial charge in [-0.25, -0.2) is 14.5 Å². The Bertz CT molecular complexity index is 876. The number of hydrogen-bond donors (Lipinski definition) is 2. The lowest BCUT2D eigenvalue weighted by Gasteiger charge is -2.14. The van der Waals surface area contributed by atoms with Crippen LogP contribution in [0.4, 0.5) is 13.2 Å². The molecule has 126 valence electrons. The number of nitrogens with one attached hydrogen (secondary N) is 1. The summed E-state index contributed by atoms with van der Waals surface area (Å²) >= 11 is 1.14. The molecule has 0 radical (unpaired) electrons. The topological polar surface area (TPSA) is 92.4 Å². The average molecular weight is 357 g/mol. The molecular weight excluding hydrogens is 347 g/mol. The van der Waals surface area contributed by atoms with E-state index >= 15 is 0 Å². The number of aromatic nitrogens is 4. The van der Waals surface area contributed by atoms with E-state index in [1.165, 1.54) is 16.1 Å². The van der Waals surface area contributed by atoms with E-state index < -0.39 is 24.7 Å². The van der Waals surface area contributed by atoms with Gasteiger partial charge in [0.2, 0.25) is 0 Å². The Balaban J connectivity index is 1.75. The van der Waals surface area contributed by atoms with Gasteiger partial charge in [0.15, 0.2) is 11.8 Å². The fraction of sp³-hybridized carbons (Fsp3) is 0.231. The zero-order valence-electron chi connectivity index (χ0n) is 11.9. The van der Waals surface area contributed by atoms with Crippen molar-refractivity contribution >= 4 is 22.9 Å². The third kappa shape index (κ3) is 3.21. The first-order valence-corrected chi connectivity index (χ1v) is 7.51. The first kappa shape index (κ1) is 16.3. The molecule has 11 heteroatoms. The maximum atomic E-state index is 12.2. The van der Waals surface area contributed by atoms with Crippen molar-refractivity contribution in [2.45, 2.75) is 12.3 Å². The largest absolute Gasteiger partial charge is 0.416 e. The molecule has 0 aromatic carbocycles. The van der Waals surface area contributed by atoms with Crippen molar-refractivity contribution in [2.75, 3.05) is 6.54 Å². The maximum absolute atomic E-state index is 12.2. The van der Waals surface area contributed by atoms with Gasteiger partial charge in [0.25, 0.3) is 5.91 Å². The number of rotatable bonds is 4. The summed E-state index contributed by atoms with van der Waals surface area (Å²) in [5, 5.41) is 16.9. The van der Waals surface area contributed by atoms with Crippen molar-refractivity contribution in [3.05, 3.63) is 35.7 Å². The Hall–Kier alpha value is -2.53. The standard InChI is InChI=1S/C13H10F3N5O2S/c14-13(15,16)9(22)5-18-11(23)8-6-24-12(20-8)7-4-19-21-3-1-2-17-10(7)21/h1-4,6,9,22H,5H2,(H,18,23). The fourth-order valence-corrected chi connectivity index (χ4v) is 2.68. The van der Waals surface area contributed by atoms with Crippen LogP contribution in [0.5, 0.6) is 0 Å². The zero-order valence-corrected chi connectivity index (χ0v) is 12.7. The molecule has 0 aliphatic carbocycles. The Kier molecular flexibility index (Phi) is 4.20. The van der Waals surface area contributed by atoms with E-state index in [0.717, 1.165) is 11.3 Å². The Labute approximate surface area is 136 Å². The zero-order chi connectivity index (χ0) is 17.3. The van der Waals surface area contributed by atoms with E-state index in [2.05, 4.69) is 15.1 Å². The average Bonchev–Trinajstić information content (AvgIpc) is 3.17. The summed E-state index contributed by atoms with van der Waals surface area (Å²) in [6, 6.07) is 1.70. The lowest BCUT2D eigenvalue weighted by molar-refractivity contribution is -0.201. The first-order valence-electron chi connectivity index (χ1n) is 6.63. The van der Waals surface area contributed by atoms with Gasteiger partial charge in [0.05, 0.1) is 18.3 Å². The van der Waals surface area contributed by atoms with Gasteiger partial charge in [-0.05, 0) is 6.07 Å². The maximum Gasteiger partial charge on any atom is 0.416 e. The van der Waals surface area contributed by atoms with Crippen LogP contribution in [0.2, 0.25) is 0 Å². The molecule has 3 heterocycles. The molecule has 3 rings (SSSR count). The minimum Gasteiger partial charge on any atom is -0.382 e. The van der Waals surface area contributed by atoms with E-state index in [9.17, 15) is 18.0 Å². The molecule has 2 N–H and O–H groups in total. The van der Waals surface area contributed by atoms with Gasteiger partial charge in [-0.15, -0.1) is 11.3 Å². The van der Waals surface area contributed by atoms with Crippen LogP contribution in [0.1, 0.15) is 10.5 Å². The molecular formula is C13H10F3N5O2S. The highest BCUT2D eigenvalue weighted by Gasteiger charge is 2.38. The van der Waals surface area contributed by atoms with E-state index in [1.807, 2.05) is 5.32 Å². The SMILES string of the molecule is O=C(NCC(O)C(F)(F)F)c1csc(-c2cnn3cccnc23)n1. The number of carbonyl (C=O) groups is 1. The minimum atomic E-state index is -4.79. The van der Waals surface area contributed by atoms with Crippen LogP contribution in [0, 0.1) is 0 Å². The number of nitrogens with zero attached hydrogens (tertiary/aromatic N) is 4. The van der Waals surface area contributed by atoms with Crippen molar-refractivity contribution in [1.29, 1.82) is 0 Å². The Morgan fingerprint density at radius 3 is 3.00 bits per heavy atom. The van der Waals surface area contributed by atoms with Crippen molar-refractivity contribution in [3.8, 4) is 10.6 Å². The summed E-state index contributed by atoms with van der Waals surface area (Å²) in [6.07, 6.45) is -2.59. The number of fused-ring (bicyclic) bond motifs is 1. The molecule has 0 aliphatic heterocycles. The summed E-state index contributed by atoms with van der Waals surface area (Å²) in [4.78, 5) is 20.1. The summed E-state index contributed by atoms with van der Waals surface area (Å²) < 4.78 is 38.2. The molecule has 1 amide bonds. The van der Waals surface area contributed by atoms with Crippen LogP contribution in [-0.4, -0.2) is 49.4 Å². The van der Waals surface area contributed by atoms with E-state index in [1.54, 1.807) is 18.5 Å². The molecule has 1 atom stereocenters. The van der Waals surface area contributed by atoms with Crippen LogP contribution in [-0.2, 0) is 0 Å². The number of aliphatic hydroxyl groups excluding tert-OH is 1. The van der Waals surface area contributed by atoms with E-state index in [-0.39, 0.29) is 5.69 Å². The van der Waals surface area contributed by atoms with Crippen LogP contribution in [0.3, 0.4) is 0 Å². The molecule has 0 spiro atoms. The molecule has 0 aliphatic rings. The summed E-state index contributed by atoms with van der Waals surface area (Å²) in [5.41, 5.74) is 1.11. The number of aliphatic hydroxyl groups is 1. The first-order chi connectivity index (χ1) is 11.4. The number of amides is 1. The predicted octanol–water partition coefficient (Wildman–Crippen LogP) is 1.51. The van der Waals surface area contributed by atoms with Crippen molar-refractivity contribution in [1.82, 2.24) is 24.9 Å². The smallest absolute Gasteiger partial charge is 0.382 e. The lowest BCUT2D eigenvalue weighted by Crippen LogP contribution is -2.40. The number of carbonyl (C=O) groups excluding carboxylic acids is 1. The summed E-state index contributed by atoms with van der Waals surface area (Å²) in [6.45, 7) is -0.937. The minimum absolute atomic E-state index is 0.0420. The second-order valence-corrected chi connectivity index (χ2v) is 5.61. The molecule has 3 aromatic heterocycles. The summed E-state index contributed by atoms with van der Waals surface area (Å²) in [5.74, 6) is -0.801. The monoisotopic (exact) mass is 357 g/mol. The lowest BCUT2D eigenvalue weighted by atomic mass is 10.3. The molecule has 0 bridgehead atoms. The number of hydrogen-bond acceptors (Lipinski definition) is 6. The second kappa shape index (κ2) is 6.17. The number of thiazole rings is 1. The highest BCUT2D eigenvalue weighted by molar-refractivity contribution is 7.13. The molecule has 0 saturated carbocycles. The quantitative estimate of drug-likeness (QED) is 0.738. The van der Waals surface area contributed by atoms with Gasteiger partial charge in [-0.1, -0.05) is 0 Å². The van der Waals surface area contributed by atoms with Crippen LogP contribution >= 0.6 is 11.3 Å². The molecule has 0 saturated heterocycles. The predicted molar refractivity (Wildman–Crippen MR) is 78.5 cm³/mol. The molecule has 1 unspecified atom stereocenters. The third-order valence-electron chi connectivity index (χ3n) is 3.08. The second-order valence-electron chi connectivity index (χ2n) is 4.75. The van der Waals surface area contributed by atoms with E-state index in [4.69, 9.17) is 5.11 Å². The molecule has 24 heavy (non-hydrogen) atoms. The fourth-order valence-electron chi connectivity index (χ4n) is 1.88. The van der Waals surface area contributed by atoms with Gasteiger partial charge < -0.3 is 10.4 Å². The van der Waals surface area contributed by atoms with Crippen LogP contribution in [0.25, 0.3) is 16.2 Å². The Morgan fingerprint density at radius 1 is 1.46 bits per heavy atom. The third-order valence-corrected chi connectivity index (χ3v) is 3.96. The van der Waals surface area contributed by atoms with Gasteiger partial charge in [-0.2, -0.15) is 18.3 Å². The van der Waals surface area contributed by atoms with Gasteiger partial charge in [0.1, 0.15) is 10.7 Å². The highest BCUT2D eigenvalue weighted by atomic mass is 32.1. The van der Waals surface area contributed by atoms with Crippen LogP contribution in [0.15, 0.2) is 30.0 Å². The van der Waals surface area contributed by atoms with Gasteiger partial charge >= 0.3 is 6.18 Å². The normalized spacial score (nSPS) is 13.2. The van der Waals surface area contributed by atoms with Crippen molar-refractivity contribution in [3.63, 3.8) is 0 Å². The van der Waals surface area contributed by atoms with Crippen LogP contribution < -0.4 is 5.32 Å².